The van der Waals surface area contributed by atoms with Gasteiger partial charge in [0.1, 0.15) is 17.2 Å². The zero-order chi connectivity index (χ0) is 13.9. The average Bonchev–Trinajstić information content (AvgIpc) is 3.09. The first kappa shape index (κ1) is 13.0. The molecular formula is C15H16N4S. The Morgan fingerprint density at radius 1 is 1.25 bits per heavy atom. The fourth-order valence-corrected chi connectivity index (χ4v) is 3.00. The second kappa shape index (κ2) is 5.54. The summed E-state index contributed by atoms with van der Waals surface area (Å²) in [5.74, 6) is 0.954. The molecule has 1 aromatic carbocycles. The van der Waals surface area contributed by atoms with E-state index >= 15 is 0 Å². The Balaban J connectivity index is 1.86. The largest absolute Gasteiger partial charge is 0.310 e. The fraction of sp³-hybridized carbons (Fsp3) is 0.267. The molecule has 0 aliphatic rings. The Morgan fingerprint density at radius 3 is 2.75 bits per heavy atom. The van der Waals surface area contributed by atoms with Gasteiger partial charge in [-0.05, 0) is 19.4 Å². The Hall–Kier alpha value is -2.01. The van der Waals surface area contributed by atoms with Crippen LogP contribution in [0.2, 0.25) is 0 Å². The minimum Gasteiger partial charge on any atom is -0.310 e. The van der Waals surface area contributed by atoms with Crippen molar-refractivity contribution in [3.8, 4) is 0 Å². The van der Waals surface area contributed by atoms with Crippen molar-refractivity contribution >= 4 is 11.3 Å². The van der Waals surface area contributed by atoms with Gasteiger partial charge in [-0.15, -0.1) is 21.5 Å². The Bertz CT molecular complexity index is 687. The van der Waals surface area contributed by atoms with E-state index in [2.05, 4.69) is 56.3 Å². The number of hydrogen-bond acceptors (Lipinski definition) is 4. The van der Waals surface area contributed by atoms with Crippen LogP contribution >= 0.6 is 11.3 Å². The van der Waals surface area contributed by atoms with Crippen LogP contribution in [-0.4, -0.2) is 19.7 Å². The van der Waals surface area contributed by atoms with Crippen molar-refractivity contribution in [1.82, 2.24) is 19.7 Å². The molecule has 0 bridgehead atoms. The van der Waals surface area contributed by atoms with Crippen LogP contribution in [0, 0.1) is 6.92 Å². The van der Waals surface area contributed by atoms with E-state index in [-0.39, 0.29) is 6.04 Å². The molecule has 5 heteroatoms. The third kappa shape index (κ3) is 2.63. The lowest BCUT2D eigenvalue weighted by Crippen LogP contribution is -2.10. The standard InChI is InChI=1S/C15H16N4S/c1-11-9-20-15(17-11)8-14-18-16-10-19(14)12(2)13-6-4-3-5-7-13/h3-7,9-10,12H,8H2,1-2H3/t12-/m0/s1. The van der Waals surface area contributed by atoms with Gasteiger partial charge in [-0.25, -0.2) is 4.98 Å². The monoisotopic (exact) mass is 284 g/mol. The Kier molecular flexibility index (Phi) is 3.60. The van der Waals surface area contributed by atoms with Gasteiger partial charge in [0, 0.05) is 11.1 Å². The SMILES string of the molecule is Cc1csc(Cc2nncn2[C@@H](C)c2ccccc2)n1. The van der Waals surface area contributed by atoms with Crippen LogP contribution in [0.5, 0.6) is 0 Å². The molecule has 1 atom stereocenters. The van der Waals surface area contributed by atoms with Gasteiger partial charge < -0.3 is 4.57 Å². The van der Waals surface area contributed by atoms with E-state index in [0.29, 0.717) is 0 Å². The number of hydrogen-bond donors (Lipinski definition) is 0. The molecule has 0 N–H and O–H groups in total. The van der Waals surface area contributed by atoms with Crippen LogP contribution in [0.15, 0.2) is 42.0 Å². The zero-order valence-electron chi connectivity index (χ0n) is 11.5. The van der Waals surface area contributed by atoms with Crippen molar-refractivity contribution in [1.29, 1.82) is 0 Å². The molecule has 3 rings (SSSR count). The van der Waals surface area contributed by atoms with E-state index in [1.165, 1.54) is 5.56 Å². The van der Waals surface area contributed by atoms with Crippen LogP contribution in [0.1, 0.15) is 35.1 Å². The predicted octanol–water partition coefficient (Wildman–Crippen LogP) is 3.24. The molecule has 0 unspecified atom stereocenters. The van der Waals surface area contributed by atoms with Gasteiger partial charge in [0.05, 0.1) is 12.5 Å². The van der Waals surface area contributed by atoms with Crippen LogP contribution in [0.25, 0.3) is 0 Å². The molecule has 2 aromatic heterocycles. The third-order valence-electron chi connectivity index (χ3n) is 3.32. The van der Waals surface area contributed by atoms with E-state index in [1.54, 1.807) is 17.7 Å². The predicted molar refractivity (Wildman–Crippen MR) is 79.9 cm³/mol. The van der Waals surface area contributed by atoms with Gasteiger partial charge in [0.25, 0.3) is 0 Å². The molecule has 2 heterocycles. The highest BCUT2D eigenvalue weighted by Gasteiger charge is 2.14. The van der Waals surface area contributed by atoms with Crippen LogP contribution in [0.4, 0.5) is 0 Å². The summed E-state index contributed by atoms with van der Waals surface area (Å²) in [6.07, 6.45) is 2.53. The van der Waals surface area contributed by atoms with Gasteiger partial charge in [-0.2, -0.15) is 0 Å². The normalized spacial score (nSPS) is 12.5. The first-order valence-electron chi connectivity index (χ1n) is 6.58. The first-order valence-corrected chi connectivity index (χ1v) is 7.46. The molecular weight excluding hydrogens is 268 g/mol. The smallest absolute Gasteiger partial charge is 0.140 e. The van der Waals surface area contributed by atoms with Crippen molar-refractivity contribution in [3.05, 3.63) is 64.1 Å². The molecule has 3 aromatic rings. The molecule has 0 saturated heterocycles. The molecule has 0 spiro atoms. The lowest BCUT2D eigenvalue weighted by atomic mass is 10.1. The quantitative estimate of drug-likeness (QED) is 0.738. The van der Waals surface area contributed by atoms with E-state index in [0.717, 1.165) is 22.9 Å². The molecule has 0 fully saturated rings. The minimum atomic E-state index is 0.224. The van der Waals surface area contributed by atoms with E-state index in [1.807, 2.05) is 13.0 Å². The average molecular weight is 284 g/mol. The third-order valence-corrected chi connectivity index (χ3v) is 4.29. The summed E-state index contributed by atoms with van der Waals surface area (Å²) >= 11 is 1.67. The second-order valence-corrected chi connectivity index (χ2v) is 5.74. The van der Waals surface area contributed by atoms with Crippen LogP contribution < -0.4 is 0 Å². The maximum Gasteiger partial charge on any atom is 0.140 e. The summed E-state index contributed by atoms with van der Waals surface area (Å²) in [7, 11) is 0. The van der Waals surface area contributed by atoms with Crippen molar-refractivity contribution < 1.29 is 0 Å². The maximum atomic E-state index is 4.50. The molecule has 102 valence electrons. The number of thiazole rings is 1. The summed E-state index contributed by atoms with van der Waals surface area (Å²) in [6.45, 7) is 4.17. The Morgan fingerprint density at radius 2 is 2.05 bits per heavy atom. The van der Waals surface area contributed by atoms with Crippen molar-refractivity contribution in [2.75, 3.05) is 0 Å². The molecule has 0 amide bonds. The molecule has 4 nitrogen and oxygen atoms in total. The molecule has 0 aliphatic carbocycles. The van der Waals surface area contributed by atoms with Gasteiger partial charge in [-0.1, -0.05) is 30.3 Å². The molecule has 20 heavy (non-hydrogen) atoms. The number of rotatable bonds is 4. The van der Waals surface area contributed by atoms with Gasteiger partial charge in [0.15, 0.2) is 0 Å². The first-order chi connectivity index (χ1) is 9.74. The summed E-state index contributed by atoms with van der Waals surface area (Å²) in [4.78, 5) is 4.50. The van der Waals surface area contributed by atoms with E-state index < -0.39 is 0 Å². The van der Waals surface area contributed by atoms with Crippen LogP contribution in [0.3, 0.4) is 0 Å². The topological polar surface area (TPSA) is 43.6 Å². The molecule has 0 aliphatic heterocycles. The van der Waals surface area contributed by atoms with E-state index in [4.69, 9.17) is 0 Å². The number of aromatic nitrogens is 4. The number of aryl methyl sites for hydroxylation is 1. The summed E-state index contributed by atoms with van der Waals surface area (Å²) in [5.41, 5.74) is 2.32. The van der Waals surface area contributed by atoms with Gasteiger partial charge in [-0.3, -0.25) is 0 Å². The Labute approximate surface area is 122 Å². The van der Waals surface area contributed by atoms with Crippen LogP contribution in [-0.2, 0) is 6.42 Å². The highest BCUT2D eigenvalue weighted by molar-refractivity contribution is 7.09. The van der Waals surface area contributed by atoms with Crippen molar-refractivity contribution in [2.24, 2.45) is 0 Å². The number of nitrogens with zero attached hydrogens (tertiary/aromatic N) is 4. The van der Waals surface area contributed by atoms with Crippen molar-refractivity contribution in [3.63, 3.8) is 0 Å². The van der Waals surface area contributed by atoms with Crippen molar-refractivity contribution in [2.45, 2.75) is 26.3 Å². The zero-order valence-corrected chi connectivity index (χ0v) is 12.3. The molecule has 0 radical (unpaired) electrons. The second-order valence-electron chi connectivity index (χ2n) is 4.80. The molecule has 0 saturated carbocycles. The lowest BCUT2D eigenvalue weighted by Gasteiger charge is -2.15. The summed E-state index contributed by atoms with van der Waals surface area (Å²) in [6, 6.07) is 10.6. The summed E-state index contributed by atoms with van der Waals surface area (Å²) in [5, 5.41) is 11.5. The minimum absolute atomic E-state index is 0.224. The summed E-state index contributed by atoms with van der Waals surface area (Å²) < 4.78 is 2.12. The van der Waals surface area contributed by atoms with Gasteiger partial charge in [0.2, 0.25) is 0 Å². The highest BCUT2D eigenvalue weighted by atomic mass is 32.1. The number of benzene rings is 1. The van der Waals surface area contributed by atoms with Gasteiger partial charge >= 0.3 is 0 Å². The maximum absolute atomic E-state index is 4.50. The highest BCUT2D eigenvalue weighted by Crippen LogP contribution is 2.20. The lowest BCUT2D eigenvalue weighted by molar-refractivity contribution is 0.608. The fourth-order valence-electron chi connectivity index (χ4n) is 2.23. The van der Waals surface area contributed by atoms with E-state index in [9.17, 15) is 0 Å².